The zero-order valence-electron chi connectivity index (χ0n) is 9.74. The van der Waals surface area contributed by atoms with Crippen molar-refractivity contribution in [1.29, 1.82) is 0 Å². The number of thiazole rings is 1. The molecule has 0 bridgehead atoms. The molecule has 6 nitrogen and oxygen atoms in total. The summed E-state index contributed by atoms with van der Waals surface area (Å²) in [7, 11) is 1.44. The molecule has 0 atom stereocenters. The minimum Gasteiger partial charge on any atom is -0.295 e. The Balaban J connectivity index is 2.58. The fraction of sp³-hybridized carbons (Fsp3) is 0.444. The Morgan fingerprint density at radius 1 is 1.44 bits per heavy atom. The molecule has 0 saturated carbocycles. The van der Waals surface area contributed by atoms with Crippen LogP contribution in [0.25, 0.3) is 11.5 Å². The van der Waals surface area contributed by atoms with Crippen molar-refractivity contribution in [2.24, 2.45) is 5.92 Å². The van der Waals surface area contributed by atoms with E-state index in [2.05, 4.69) is 15.2 Å². The molecule has 0 amide bonds. The molecule has 2 rings (SSSR count). The Morgan fingerprint density at radius 3 is 2.67 bits per heavy atom. The van der Waals surface area contributed by atoms with Gasteiger partial charge in [-0.1, -0.05) is 13.8 Å². The summed E-state index contributed by atoms with van der Waals surface area (Å²) in [5, 5.41) is 9.07. The van der Waals surface area contributed by atoms with Crippen LogP contribution >= 0.6 is 22.0 Å². The van der Waals surface area contributed by atoms with E-state index < -0.39 is 9.05 Å². The summed E-state index contributed by atoms with van der Waals surface area (Å²) < 4.78 is 24.4. The first kappa shape index (κ1) is 13.4. The van der Waals surface area contributed by atoms with Gasteiger partial charge in [0.25, 0.3) is 14.2 Å². The molecule has 0 fully saturated rings. The highest BCUT2D eigenvalue weighted by Crippen LogP contribution is 2.23. The van der Waals surface area contributed by atoms with Gasteiger partial charge in [0.1, 0.15) is 5.69 Å². The van der Waals surface area contributed by atoms with Crippen LogP contribution in [0.5, 0.6) is 0 Å². The summed E-state index contributed by atoms with van der Waals surface area (Å²) in [5.74, 6) is 0.653. The van der Waals surface area contributed by atoms with Crippen LogP contribution in [0.1, 0.15) is 13.8 Å². The van der Waals surface area contributed by atoms with Crippen molar-refractivity contribution in [3.05, 3.63) is 10.9 Å². The molecule has 0 spiro atoms. The van der Waals surface area contributed by atoms with Crippen molar-refractivity contribution in [3.8, 4) is 11.5 Å². The van der Waals surface area contributed by atoms with E-state index in [-0.39, 0.29) is 11.1 Å². The van der Waals surface area contributed by atoms with E-state index in [4.69, 9.17) is 10.7 Å². The summed E-state index contributed by atoms with van der Waals surface area (Å²) in [4.78, 5) is 4.11. The molecule has 0 aliphatic heterocycles. The van der Waals surface area contributed by atoms with Gasteiger partial charge < -0.3 is 0 Å². The summed E-state index contributed by atoms with van der Waals surface area (Å²) in [5.41, 5.74) is 2.25. The van der Waals surface area contributed by atoms with Gasteiger partial charge in [-0.05, 0) is 5.92 Å². The molecule has 18 heavy (non-hydrogen) atoms. The van der Waals surface area contributed by atoms with E-state index in [9.17, 15) is 8.42 Å². The lowest BCUT2D eigenvalue weighted by Gasteiger charge is -2.09. The van der Waals surface area contributed by atoms with Crippen molar-refractivity contribution in [2.75, 3.05) is 0 Å². The first-order valence-corrected chi connectivity index (χ1v) is 8.41. The Kier molecular flexibility index (Phi) is 3.69. The van der Waals surface area contributed by atoms with E-state index in [0.29, 0.717) is 18.1 Å². The topological polar surface area (TPSA) is 77.7 Å². The first-order chi connectivity index (χ1) is 8.39. The molecule has 98 valence electrons. The van der Waals surface area contributed by atoms with Crippen LogP contribution in [-0.4, -0.2) is 28.2 Å². The van der Waals surface area contributed by atoms with E-state index in [1.807, 2.05) is 13.8 Å². The fourth-order valence-electron chi connectivity index (χ4n) is 1.51. The molecular weight excluding hydrogens is 296 g/mol. The van der Waals surface area contributed by atoms with Gasteiger partial charge in [-0.15, -0.1) is 21.5 Å². The molecule has 0 saturated heterocycles. The predicted molar refractivity (Wildman–Crippen MR) is 69.0 cm³/mol. The standard InChI is InChI=1S/C9H11ClN4O2S2/c1-6(2)3-14-8(7-4-17-5-11-7)12-13-9(14)18(10,15)16/h4-6H,3H2,1-2H3. The van der Waals surface area contributed by atoms with E-state index in [1.54, 1.807) is 10.9 Å². The third-order valence-corrected chi connectivity index (χ3v) is 3.88. The minimum atomic E-state index is -3.91. The average molecular weight is 307 g/mol. The molecule has 2 aromatic rings. The largest absolute Gasteiger partial charge is 0.296 e. The third-order valence-electron chi connectivity index (χ3n) is 2.14. The molecule has 0 N–H and O–H groups in total. The Hall–Kier alpha value is -0.990. The molecule has 2 aromatic heterocycles. The SMILES string of the molecule is CC(C)Cn1c(-c2cscn2)nnc1S(=O)(=O)Cl. The molecule has 9 heteroatoms. The summed E-state index contributed by atoms with van der Waals surface area (Å²) >= 11 is 1.40. The maximum atomic E-state index is 11.4. The normalized spacial score (nSPS) is 12.2. The van der Waals surface area contributed by atoms with Gasteiger partial charge in [0.2, 0.25) is 0 Å². The predicted octanol–water partition coefficient (Wildman–Crippen LogP) is 1.99. The van der Waals surface area contributed by atoms with Gasteiger partial charge in [0, 0.05) is 22.6 Å². The van der Waals surface area contributed by atoms with Gasteiger partial charge >= 0.3 is 0 Å². The zero-order valence-corrected chi connectivity index (χ0v) is 12.1. The Bertz CT molecular complexity index is 634. The summed E-state index contributed by atoms with van der Waals surface area (Å²) in [6, 6.07) is 0. The molecular formula is C9H11ClN4O2S2. The highest BCUT2D eigenvalue weighted by molar-refractivity contribution is 8.13. The van der Waals surface area contributed by atoms with Gasteiger partial charge in [0.15, 0.2) is 5.82 Å². The summed E-state index contributed by atoms with van der Waals surface area (Å²) in [6.07, 6.45) is 0. The third kappa shape index (κ3) is 2.70. The zero-order chi connectivity index (χ0) is 13.3. The Morgan fingerprint density at radius 2 is 2.17 bits per heavy atom. The van der Waals surface area contributed by atoms with Gasteiger partial charge in [0.05, 0.1) is 5.51 Å². The second-order valence-corrected chi connectivity index (χ2v) is 7.30. The number of hydrogen-bond acceptors (Lipinski definition) is 6. The maximum absolute atomic E-state index is 11.4. The monoisotopic (exact) mass is 306 g/mol. The number of hydrogen-bond donors (Lipinski definition) is 0. The van der Waals surface area contributed by atoms with Crippen LogP contribution in [0.3, 0.4) is 0 Å². The van der Waals surface area contributed by atoms with Crippen LogP contribution in [0, 0.1) is 5.92 Å². The Labute approximate surface area is 113 Å². The molecule has 0 aliphatic rings. The van der Waals surface area contributed by atoms with Crippen LogP contribution in [0.15, 0.2) is 16.0 Å². The molecule has 0 unspecified atom stereocenters. The molecule has 0 aliphatic carbocycles. The van der Waals surface area contributed by atoms with Crippen LogP contribution < -0.4 is 0 Å². The fourth-order valence-corrected chi connectivity index (χ4v) is 2.95. The maximum Gasteiger partial charge on any atom is 0.296 e. The van der Waals surface area contributed by atoms with Gasteiger partial charge in [-0.25, -0.2) is 13.4 Å². The molecule has 0 aromatic carbocycles. The van der Waals surface area contributed by atoms with Crippen molar-refractivity contribution in [3.63, 3.8) is 0 Å². The highest BCUT2D eigenvalue weighted by Gasteiger charge is 2.24. The number of aromatic nitrogens is 4. The lowest BCUT2D eigenvalue weighted by Crippen LogP contribution is -2.11. The lowest BCUT2D eigenvalue weighted by atomic mass is 10.2. The molecule has 0 radical (unpaired) electrons. The minimum absolute atomic E-state index is 0.232. The van der Waals surface area contributed by atoms with Crippen molar-refractivity contribution < 1.29 is 8.42 Å². The quantitative estimate of drug-likeness (QED) is 0.807. The highest BCUT2D eigenvalue weighted by atomic mass is 35.7. The molecule has 2 heterocycles. The van der Waals surface area contributed by atoms with Crippen LogP contribution in [0.2, 0.25) is 0 Å². The van der Waals surface area contributed by atoms with E-state index in [1.165, 1.54) is 15.9 Å². The second-order valence-electron chi connectivity index (χ2n) is 4.12. The van der Waals surface area contributed by atoms with Crippen molar-refractivity contribution >= 4 is 31.1 Å². The van der Waals surface area contributed by atoms with Crippen molar-refractivity contribution in [2.45, 2.75) is 25.5 Å². The first-order valence-electron chi connectivity index (χ1n) is 5.16. The number of nitrogens with zero attached hydrogens (tertiary/aromatic N) is 4. The van der Waals surface area contributed by atoms with Crippen LogP contribution in [-0.2, 0) is 15.6 Å². The van der Waals surface area contributed by atoms with Crippen molar-refractivity contribution in [1.82, 2.24) is 19.7 Å². The second kappa shape index (κ2) is 4.94. The number of rotatable bonds is 4. The van der Waals surface area contributed by atoms with E-state index >= 15 is 0 Å². The van der Waals surface area contributed by atoms with Crippen LogP contribution in [0.4, 0.5) is 0 Å². The number of halogens is 1. The van der Waals surface area contributed by atoms with Gasteiger partial charge in [-0.2, -0.15) is 0 Å². The lowest BCUT2D eigenvalue weighted by molar-refractivity contribution is 0.488. The smallest absolute Gasteiger partial charge is 0.295 e. The summed E-state index contributed by atoms with van der Waals surface area (Å²) in [6.45, 7) is 4.39. The average Bonchev–Trinajstić information content (AvgIpc) is 2.81. The van der Waals surface area contributed by atoms with E-state index in [0.717, 1.165) is 0 Å². The van der Waals surface area contributed by atoms with Gasteiger partial charge in [-0.3, -0.25) is 4.57 Å².